The molecule has 0 saturated heterocycles. The largest absolute Gasteiger partial charge is 0.507 e. The van der Waals surface area contributed by atoms with Gasteiger partial charge in [0.1, 0.15) is 11.5 Å². The number of hydrogen-bond acceptors (Lipinski definition) is 6. The van der Waals surface area contributed by atoms with Gasteiger partial charge >= 0.3 is 0 Å². The first-order valence-corrected chi connectivity index (χ1v) is 5.95. The monoisotopic (exact) mass is 263 g/mol. The summed E-state index contributed by atoms with van der Waals surface area (Å²) in [5.41, 5.74) is 0.475. The number of rotatable bonds is 5. The van der Waals surface area contributed by atoms with Crippen LogP contribution >= 0.6 is 0 Å². The van der Waals surface area contributed by atoms with Gasteiger partial charge in [0.2, 0.25) is 0 Å². The molecule has 2 aromatic rings. The van der Waals surface area contributed by atoms with Gasteiger partial charge in [-0.15, -0.1) is 0 Å². The second-order valence-corrected chi connectivity index (χ2v) is 4.45. The average Bonchev–Trinajstić information content (AvgIpc) is 2.85. The van der Waals surface area contributed by atoms with Crippen molar-refractivity contribution in [2.24, 2.45) is 0 Å². The Balaban J connectivity index is 2.22. The maximum Gasteiger partial charge on any atom is 0.261 e. The highest BCUT2D eigenvalue weighted by Crippen LogP contribution is 2.31. The lowest BCUT2D eigenvalue weighted by Gasteiger charge is -2.05. The molecule has 1 aromatic carbocycles. The molecule has 6 heteroatoms. The minimum absolute atomic E-state index is 0.0867. The zero-order chi connectivity index (χ0) is 13.8. The van der Waals surface area contributed by atoms with Gasteiger partial charge in [0.15, 0.2) is 5.82 Å². The number of likely N-dealkylation sites (N-methyl/N-ethyl adjacent to an activating group) is 1. The van der Waals surface area contributed by atoms with Gasteiger partial charge in [-0.1, -0.05) is 5.16 Å². The van der Waals surface area contributed by atoms with Crippen LogP contribution in [0.5, 0.6) is 11.5 Å². The van der Waals surface area contributed by atoms with E-state index in [4.69, 9.17) is 9.26 Å². The zero-order valence-corrected chi connectivity index (χ0v) is 11.3. The summed E-state index contributed by atoms with van der Waals surface area (Å²) in [5, 5.41) is 13.7. The number of methoxy groups -OCH3 is 1. The zero-order valence-electron chi connectivity index (χ0n) is 11.3. The Hall–Kier alpha value is -2.08. The normalized spacial score (nSPS) is 10.9. The van der Waals surface area contributed by atoms with E-state index in [2.05, 4.69) is 10.1 Å². The van der Waals surface area contributed by atoms with Gasteiger partial charge in [-0.25, -0.2) is 0 Å². The van der Waals surface area contributed by atoms with E-state index in [0.717, 1.165) is 6.54 Å². The molecule has 0 unspecified atom stereocenters. The van der Waals surface area contributed by atoms with Gasteiger partial charge < -0.3 is 19.3 Å². The van der Waals surface area contributed by atoms with Crippen LogP contribution in [0.15, 0.2) is 22.7 Å². The molecule has 0 aliphatic rings. The van der Waals surface area contributed by atoms with Gasteiger partial charge in [0, 0.05) is 13.0 Å². The van der Waals surface area contributed by atoms with E-state index in [-0.39, 0.29) is 5.75 Å². The average molecular weight is 263 g/mol. The second kappa shape index (κ2) is 5.71. The quantitative estimate of drug-likeness (QED) is 0.882. The van der Waals surface area contributed by atoms with Crippen LogP contribution in [-0.2, 0) is 6.42 Å². The third-order valence-electron chi connectivity index (χ3n) is 2.68. The van der Waals surface area contributed by atoms with E-state index < -0.39 is 0 Å². The number of aromatic hydroxyl groups is 1. The number of nitrogens with zero attached hydrogens (tertiary/aromatic N) is 3. The lowest BCUT2D eigenvalue weighted by Crippen LogP contribution is -2.15. The highest BCUT2D eigenvalue weighted by molar-refractivity contribution is 5.64. The summed E-state index contributed by atoms with van der Waals surface area (Å²) in [6.07, 6.45) is 0.696. The van der Waals surface area contributed by atoms with Crippen LogP contribution in [0.2, 0.25) is 0 Å². The van der Waals surface area contributed by atoms with Crippen LogP contribution in [0.1, 0.15) is 5.82 Å². The topological polar surface area (TPSA) is 71.6 Å². The van der Waals surface area contributed by atoms with Crippen molar-refractivity contribution in [2.75, 3.05) is 27.7 Å². The number of ether oxygens (including phenoxy) is 1. The van der Waals surface area contributed by atoms with Crippen LogP contribution in [0.4, 0.5) is 0 Å². The summed E-state index contributed by atoms with van der Waals surface area (Å²) in [4.78, 5) is 6.31. The summed E-state index contributed by atoms with van der Waals surface area (Å²) < 4.78 is 10.3. The standard InChI is InChI=1S/C13H17N3O3/c1-16(2)7-6-12-14-13(19-15-12)10-8-9(18-3)4-5-11(10)17/h4-5,8,17H,6-7H2,1-3H3. The highest BCUT2D eigenvalue weighted by atomic mass is 16.5. The molecule has 19 heavy (non-hydrogen) atoms. The Morgan fingerprint density at radius 2 is 2.16 bits per heavy atom. The van der Waals surface area contributed by atoms with Crippen molar-refractivity contribution in [3.63, 3.8) is 0 Å². The Morgan fingerprint density at radius 1 is 1.37 bits per heavy atom. The van der Waals surface area contributed by atoms with E-state index in [9.17, 15) is 5.11 Å². The van der Waals surface area contributed by atoms with Crippen molar-refractivity contribution in [1.82, 2.24) is 15.0 Å². The fourth-order valence-electron chi connectivity index (χ4n) is 1.60. The summed E-state index contributed by atoms with van der Waals surface area (Å²) >= 11 is 0. The van der Waals surface area contributed by atoms with Crippen LogP contribution in [-0.4, -0.2) is 47.9 Å². The molecule has 2 rings (SSSR count). The summed E-state index contributed by atoms with van der Waals surface area (Å²) in [6, 6.07) is 4.87. The first-order chi connectivity index (χ1) is 9.10. The summed E-state index contributed by atoms with van der Waals surface area (Å²) in [6.45, 7) is 0.836. The lowest BCUT2D eigenvalue weighted by molar-refractivity contribution is 0.390. The second-order valence-electron chi connectivity index (χ2n) is 4.45. The number of hydrogen-bond donors (Lipinski definition) is 1. The van der Waals surface area contributed by atoms with Crippen molar-refractivity contribution in [3.8, 4) is 23.0 Å². The third kappa shape index (κ3) is 3.23. The smallest absolute Gasteiger partial charge is 0.261 e. The molecule has 0 aliphatic carbocycles. The van der Waals surface area contributed by atoms with Crippen molar-refractivity contribution < 1.29 is 14.4 Å². The maximum absolute atomic E-state index is 9.82. The van der Waals surface area contributed by atoms with Crippen LogP contribution < -0.4 is 4.74 Å². The maximum atomic E-state index is 9.82. The predicted molar refractivity (Wildman–Crippen MR) is 70.2 cm³/mol. The van der Waals surface area contributed by atoms with Crippen LogP contribution in [0.3, 0.4) is 0 Å². The highest BCUT2D eigenvalue weighted by Gasteiger charge is 2.14. The molecular weight excluding hydrogens is 246 g/mol. The van der Waals surface area contributed by atoms with E-state index in [1.807, 2.05) is 19.0 Å². The minimum Gasteiger partial charge on any atom is -0.507 e. The number of phenols is 1. The molecule has 0 atom stereocenters. The van der Waals surface area contributed by atoms with Crippen molar-refractivity contribution >= 4 is 0 Å². The van der Waals surface area contributed by atoms with Gasteiger partial charge in [0.05, 0.1) is 12.7 Å². The van der Waals surface area contributed by atoms with E-state index in [0.29, 0.717) is 29.4 Å². The molecule has 1 aromatic heterocycles. The Bertz CT molecular complexity index is 552. The Morgan fingerprint density at radius 3 is 2.84 bits per heavy atom. The Labute approximate surface area is 111 Å². The molecule has 1 N–H and O–H groups in total. The molecule has 0 aliphatic heterocycles. The Kier molecular flexibility index (Phi) is 4.01. The first-order valence-electron chi connectivity index (χ1n) is 5.95. The molecular formula is C13H17N3O3. The molecule has 6 nitrogen and oxygen atoms in total. The van der Waals surface area contributed by atoms with Crippen molar-refractivity contribution in [3.05, 3.63) is 24.0 Å². The molecule has 1 heterocycles. The SMILES string of the molecule is COc1ccc(O)c(-c2nc(CCN(C)C)no2)c1. The van der Waals surface area contributed by atoms with Crippen molar-refractivity contribution in [2.45, 2.75) is 6.42 Å². The summed E-state index contributed by atoms with van der Waals surface area (Å²) in [5.74, 6) is 1.63. The van der Waals surface area contributed by atoms with E-state index in [1.165, 1.54) is 6.07 Å². The number of benzene rings is 1. The fourth-order valence-corrected chi connectivity index (χ4v) is 1.60. The number of aromatic nitrogens is 2. The lowest BCUT2D eigenvalue weighted by atomic mass is 10.2. The minimum atomic E-state index is 0.0867. The van der Waals surface area contributed by atoms with Gasteiger partial charge in [-0.3, -0.25) is 0 Å². The number of phenolic OH excluding ortho intramolecular Hbond substituents is 1. The van der Waals surface area contributed by atoms with E-state index >= 15 is 0 Å². The van der Waals surface area contributed by atoms with Gasteiger partial charge in [-0.05, 0) is 32.3 Å². The summed E-state index contributed by atoms with van der Waals surface area (Å²) in [7, 11) is 5.52. The molecule has 0 fully saturated rings. The van der Waals surface area contributed by atoms with Gasteiger partial charge in [0.25, 0.3) is 5.89 Å². The fraction of sp³-hybridized carbons (Fsp3) is 0.385. The molecule has 0 saturated carbocycles. The van der Waals surface area contributed by atoms with Crippen molar-refractivity contribution in [1.29, 1.82) is 0 Å². The van der Waals surface area contributed by atoms with Crippen LogP contribution in [0, 0.1) is 0 Å². The predicted octanol–water partition coefficient (Wildman–Crippen LogP) is 1.55. The molecule has 0 amide bonds. The van der Waals surface area contributed by atoms with Gasteiger partial charge in [-0.2, -0.15) is 4.98 Å². The van der Waals surface area contributed by atoms with Crippen LogP contribution in [0.25, 0.3) is 11.5 Å². The molecule has 0 spiro atoms. The molecule has 0 bridgehead atoms. The molecule has 0 radical (unpaired) electrons. The van der Waals surface area contributed by atoms with E-state index in [1.54, 1.807) is 19.2 Å². The first kappa shape index (κ1) is 13.4. The molecule has 102 valence electrons. The third-order valence-corrected chi connectivity index (χ3v) is 2.68.